The van der Waals surface area contributed by atoms with Crippen molar-refractivity contribution in [3.63, 3.8) is 0 Å². The molecule has 0 saturated carbocycles. The highest BCUT2D eigenvalue weighted by atomic mass is 14.4. The van der Waals surface area contributed by atoms with Crippen LogP contribution in [0.25, 0.3) is 87.6 Å². The molecule has 0 spiro atoms. The highest BCUT2D eigenvalue weighted by Crippen LogP contribution is 2.54. The Morgan fingerprint density at radius 3 is 1.19 bits per heavy atom. The maximum atomic E-state index is 2.47. The number of benzene rings is 10. The monoisotopic (exact) mass is 684 g/mol. The first kappa shape index (κ1) is 30.8. The molecule has 0 unspecified atom stereocenters. The Morgan fingerprint density at radius 1 is 0.296 bits per heavy atom. The zero-order valence-electron chi connectivity index (χ0n) is 30.1. The van der Waals surface area contributed by atoms with Crippen LogP contribution in [0.2, 0.25) is 0 Å². The van der Waals surface area contributed by atoms with Gasteiger partial charge in [0.2, 0.25) is 0 Å². The zero-order chi connectivity index (χ0) is 35.8. The molecule has 1 aliphatic carbocycles. The lowest BCUT2D eigenvalue weighted by atomic mass is 9.73. The molecule has 10 aromatic rings. The van der Waals surface area contributed by atoms with Crippen LogP contribution in [0.3, 0.4) is 0 Å². The Bertz CT molecular complexity index is 2880. The van der Waals surface area contributed by atoms with E-state index in [1.807, 2.05) is 0 Å². The molecule has 0 atom stereocenters. The molecule has 0 bridgehead atoms. The van der Waals surface area contributed by atoms with Crippen LogP contribution in [-0.4, -0.2) is 0 Å². The van der Waals surface area contributed by atoms with Gasteiger partial charge < -0.3 is 0 Å². The van der Waals surface area contributed by atoms with Gasteiger partial charge in [-0.15, -0.1) is 0 Å². The van der Waals surface area contributed by atoms with Crippen molar-refractivity contribution in [1.29, 1.82) is 0 Å². The summed E-state index contributed by atoms with van der Waals surface area (Å²) in [7, 11) is 0. The Labute approximate surface area is 315 Å². The molecule has 10 aromatic carbocycles. The Kier molecular flexibility index (Phi) is 6.78. The molecule has 0 radical (unpaired) electrons. The summed E-state index contributed by atoms with van der Waals surface area (Å²) in [5.74, 6) is 0. The second kappa shape index (κ2) is 11.9. The van der Waals surface area contributed by atoms with Gasteiger partial charge in [0, 0.05) is 5.41 Å². The predicted octanol–water partition coefficient (Wildman–Crippen LogP) is 14.6. The molecule has 0 saturated heterocycles. The van der Waals surface area contributed by atoms with Gasteiger partial charge in [-0.1, -0.05) is 176 Å². The van der Waals surface area contributed by atoms with E-state index in [1.54, 1.807) is 0 Å². The van der Waals surface area contributed by atoms with Crippen molar-refractivity contribution in [3.05, 3.63) is 217 Å². The second-order valence-corrected chi connectivity index (χ2v) is 15.0. The van der Waals surface area contributed by atoms with Crippen molar-refractivity contribution in [2.75, 3.05) is 0 Å². The minimum atomic E-state index is -0.320. The van der Waals surface area contributed by atoms with E-state index in [-0.39, 0.29) is 5.41 Å². The molecule has 0 heteroatoms. The summed E-state index contributed by atoms with van der Waals surface area (Å²) >= 11 is 0. The van der Waals surface area contributed by atoms with Gasteiger partial charge in [-0.25, -0.2) is 0 Å². The first-order valence-corrected chi connectivity index (χ1v) is 18.9. The van der Waals surface area contributed by atoms with E-state index in [0.717, 1.165) is 0 Å². The average Bonchev–Trinajstić information content (AvgIpc) is 3.51. The van der Waals surface area contributed by atoms with Crippen LogP contribution in [0, 0.1) is 0 Å². The van der Waals surface area contributed by atoms with Crippen LogP contribution in [0.5, 0.6) is 0 Å². The van der Waals surface area contributed by atoms with Gasteiger partial charge in [-0.2, -0.15) is 0 Å². The smallest absolute Gasteiger partial charge is 0.0436 e. The van der Waals surface area contributed by atoms with Crippen molar-refractivity contribution in [2.45, 2.75) is 12.3 Å². The zero-order valence-corrected chi connectivity index (χ0v) is 30.1. The molecular weight excluding hydrogens is 649 g/mol. The van der Waals surface area contributed by atoms with E-state index >= 15 is 0 Å². The van der Waals surface area contributed by atoms with E-state index in [0.29, 0.717) is 0 Å². The van der Waals surface area contributed by atoms with Crippen LogP contribution in [0.1, 0.15) is 23.6 Å². The summed E-state index contributed by atoms with van der Waals surface area (Å²) in [4.78, 5) is 0. The minimum absolute atomic E-state index is 0.320. The van der Waals surface area contributed by atoms with E-state index in [1.165, 1.54) is 104 Å². The molecular formula is C54H36. The Hall–Kier alpha value is -6.76. The maximum Gasteiger partial charge on any atom is 0.0436 e. The lowest BCUT2D eigenvalue weighted by Crippen LogP contribution is -2.22. The highest BCUT2D eigenvalue weighted by Gasteiger charge is 2.40. The van der Waals surface area contributed by atoms with Crippen LogP contribution in [-0.2, 0) is 5.41 Å². The number of fused-ring (bicyclic) bond motifs is 2. The van der Waals surface area contributed by atoms with Crippen LogP contribution >= 0.6 is 0 Å². The molecule has 0 N–H and O–H groups in total. The third kappa shape index (κ3) is 4.63. The molecule has 0 heterocycles. The Balaban J connectivity index is 1.04. The van der Waals surface area contributed by atoms with Gasteiger partial charge in [0.1, 0.15) is 0 Å². The van der Waals surface area contributed by atoms with Crippen molar-refractivity contribution in [1.82, 2.24) is 0 Å². The van der Waals surface area contributed by atoms with Gasteiger partial charge >= 0.3 is 0 Å². The summed E-state index contributed by atoms with van der Waals surface area (Å²) in [6, 6.07) is 74.3. The summed E-state index contributed by atoms with van der Waals surface area (Å²) < 4.78 is 0. The molecule has 11 rings (SSSR count). The van der Waals surface area contributed by atoms with Gasteiger partial charge in [0.15, 0.2) is 0 Å². The van der Waals surface area contributed by atoms with Gasteiger partial charge in [0.05, 0.1) is 0 Å². The molecule has 1 aliphatic rings. The first-order chi connectivity index (χ1) is 26.6. The number of hydrogen-bond acceptors (Lipinski definition) is 0. The predicted molar refractivity (Wildman–Crippen MR) is 230 cm³/mol. The van der Waals surface area contributed by atoms with Crippen molar-refractivity contribution in [2.24, 2.45) is 0 Å². The summed E-state index contributed by atoms with van der Waals surface area (Å²) in [5, 5.41) is 10.4. The average molecular weight is 685 g/mol. The van der Waals surface area contributed by atoms with Crippen molar-refractivity contribution < 1.29 is 0 Å². The normalized spacial score (nSPS) is 13.1. The maximum absolute atomic E-state index is 2.47. The molecule has 0 fully saturated rings. The molecule has 0 aliphatic heterocycles. The summed E-state index contributed by atoms with van der Waals surface area (Å²) in [6.45, 7) is 2.44. The fourth-order valence-electron chi connectivity index (χ4n) is 9.32. The topological polar surface area (TPSA) is 0 Å². The first-order valence-electron chi connectivity index (χ1n) is 18.9. The van der Waals surface area contributed by atoms with E-state index in [2.05, 4.69) is 207 Å². The lowest BCUT2D eigenvalue weighted by molar-refractivity contribution is 0.717. The van der Waals surface area contributed by atoms with Gasteiger partial charge in [-0.3, -0.25) is 0 Å². The molecule has 0 nitrogen and oxygen atoms in total. The van der Waals surface area contributed by atoms with Crippen molar-refractivity contribution in [3.8, 4) is 44.5 Å². The molecule has 54 heavy (non-hydrogen) atoms. The summed E-state index contributed by atoms with van der Waals surface area (Å²) in [5.41, 5.74) is 13.7. The highest BCUT2D eigenvalue weighted by molar-refractivity contribution is 6.17. The third-order valence-corrected chi connectivity index (χ3v) is 12.1. The minimum Gasteiger partial charge on any atom is -0.0622 e. The quantitative estimate of drug-likeness (QED) is 0.158. The molecule has 252 valence electrons. The van der Waals surface area contributed by atoms with Crippen LogP contribution in [0.4, 0.5) is 0 Å². The Morgan fingerprint density at radius 2 is 0.704 bits per heavy atom. The third-order valence-electron chi connectivity index (χ3n) is 12.1. The second-order valence-electron chi connectivity index (χ2n) is 15.0. The van der Waals surface area contributed by atoms with Gasteiger partial charge in [0.25, 0.3) is 0 Å². The largest absolute Gasteiger partial charge is 0.0622 e. The number of rotatable bonds is 5. The fourth-order valence-corrected chi connectivity index (χ4v) is 9.32. The summed E-state index contributed by atoms with van der Waals surface area (Å²) in [6.07, 6.45) is 0. The standard InChI is InChI=1S/C54H36/c1-54(45-15-3-2-4-16-45)50-33-43(35-21-25-39(26-22-35)48-19-9-13-37-11-5-7-17-46(37)48)31-41-29-30-42-32-44(34-51(54)53(42)52(41)50)36-23-27-40(28-24-36)49-20-10-14-38-12-6-8-18-47(38)49/h2-34H,1H3. The SMILES string of the molecule is CC1(c2ccccc2)c2cc(-c3ccc(-c4cccc5ccccc45)cc3)cc3ccc4cc(-c5ccc(-c6cccc7ccccc67)cc5)cc1c4c23. The fraction of sp³-hybridized carbons (Fsp3) is 0.0370. The lowest BCUT2D eigenvalue weighted by Gasteiger charge is -2.29. The van der Waals surface area contributed by atoms with E-state index < -0.39 is 0 Å². The number of hydrogen-bond donors (Lipinski definition) is 0. The van der Waals surface area contributed by atoms with Crippen LogP contribution in [0.15, 0.2) is 200 Å². The van der Waals surface area contributed by atoms with E-state index in [4.69, 9.17) is 0 Å². The molecule has 0 amide bonds. The van der Waals surface area contributed by atoms with Crippen molar-refractivity contribution >= 4 is 43.1 Å². The molecule has 0 aromatic heterocycles. The van der Waals surface area contributed by atoms with E-state index in [9.17, 15) is 0 Å². The van der Waals surface area contributed by atoms with Gasteiger partial charge in [-0.05, 0) is 135 Å². The van der Waals surface area contributed by atoms with Crippen LogP contribution < -0.4 is 0 Å².